The minimum atomic E-state index is 0. The Hall–Kier alpha value is -0.0400. The van der Waals surface area contributed by atoms with E-state index in [0.717, 1.165) is 6.08 Å². The Morgan fingerprint density at radius 3 is 1.40 bits per heavy atom. The predicted molar refractivity (Wildman–Crippen MR) is 22.9 cm³/mol. The van der Waals surface area contributed by atoms with Crippen molar-refractivity contribution < 1.29 is 4.79 Å². The fourth-order valence-electron chi connectivity index (χ4n) is 0. The Bertz CT molecular complexity index is 30.6. The molecular weight excluding hydrogens is 113 g/mol. The highest BCUT2D eigenvalue weighted by atomic mass is 35.5. The quantitative estimate of drug-likeness (QED) is 0.368. The summed E-state index contributed by atoms with van der Waals surface area (Å²) in [5.41, 5.74) is 0. The monoisotopic (exact) mass is 115 g/mol. The van der Waals surface area contributed by atoms with E-state index in [1.807, 2.05) is 0 Å². The van der Waals surface area contributed by atoms with Crippen LogP contribution >= 0.6 is 24.8 Å². The molecule has 0 rings (SSSR count). The van der Waals surface area contributed by atoms with Crippen LogP contribution in [0.25, 0.3) is 0 Å². The van der Waals surface area contributed by atoms with Gasteiger partial charge in [-0.1, -0.05) is 0 Å². The molecule has 0 aromatic heterocycles. The summed E-state index contributed by atoms with van der Waals surface area (Å²) in [5, 5.41) is 5.40. The van der Waals surface area contributed by atoms with E-state index in [9.17, 15) is 0 Å². The highest BCUT2D eigenvalue weighted by Gasteiger charge is 1.03. The number of hydrogen-bond donors (Lipinski definition) is 1. The molecule has 0 aliphatic rings. The van der Waals surface area contributed by atoms with Crippen LogP contribution in [0.2, 0.25) is 0 Å². The van der Waals surface area contributed by atoms with Gasteiger partial charge < -0.3 is 0 Å². The van der Waals surface area contributed by atoms with Crippen LogP contribution in [0.15, 0.2) is 0 Å². The summed E-state index contributed by atoms with van der Waals surface area (Å²) in [7, 11) is 0. The Morgan fingerprint density at radius 2 is 1.40 bits per heavy atom. The van der Waals surface area contributed by atoms with Crippen molar-refractivity contribution in [2.24, 2.45) is 0 Å². The van der Waals surface area contributed by atoms with Gasteiger partial charge in [-0.3, -0.25) is 0 Å². The minimum absolute atomic E-state index is 0. The van der Waals surface area contributed by atoms with Gasteiger partial charge in [0.1, 0.15) is 0 Å². The van der Waals surface area contributed by atoms with Gasteiger partial charge in [0.05, 0.1) is 0 Å². The van der Waals surface area contributed by atoms with E-state index in [-0.39, 0.29) is 24.8 Å². The molecule has 0 aliphatic heterocycles. The molecule has 0 aromatic carbocycles. The van der Waals surface area contributed by atoms with Gasteiger partial charge in [0.15, 0.2) is 0 Å². The van der Waals surface area contributed by atoms with Gasteiger partial charge in [-0.15, -0.1) is 24.8 Å². The molecular formula is CH3Cl2NO. The second kappa shape index (κ2) is 37.6. The molecule has 0 aliphatic carbocycles. The molecule has 0 unspecified atom stereocenters. The Morgan fingerprint density at radius 1 is 1.40 bits per heavy atom. The maximum Gasteiger partial charge on any atom is 0.231 e. The van der Waals surface area contributed by atoms with Gasteiger partial charge in [-0.05, 0) is 0 Å². The Kier molecular flexibility index (Phi) is 152. The second-order valence-corrected chi connectivity index (χ2v) is 0.102. The van der Waals surface area contributed by atoms with E-state index < -0.39 is 0 Å². The molecule has 0 amide bonds. The van der Waals surface area contributed by atoms with Crippen molar-refractivity contribution in [3.63, 3.8) is 0 Å². The van der Waals surface area contributed by atoms with E-state index in [1.54, 1.807) is 0 Å². The van der Waals surface area contributed by atoms with Crippen LogP contribution in [0.4, 0.5) is 0 Å². The summed E-state index contributed by atoms with van der Waals surface area (Å²) in [5.74, 6) is 0. The third-order valence-electron chi connectivity index (χ3n) is 0. The fraction of sp³-hybridized carbons (Fsp3) is 0. The van der Waals surface area contributed by atoms with Gasteiger partial charge in [-0.2, -0.15) is 0 Å². The molecule has 0 radical (unpaired) electrons. The van der Waals surface area contributed by atoms with E-state index >= 15 is 0 Å². The molecule has 5 heavy (non-hydrogen) atoms. The molecule has 0 heterocycles. The van der Waals surface area contributed by atoms with Crippen molar-refractivity contribution in [3.8, 4) is 0 Å². The van der Waals surface area contributed by atoms with Crippen LogP contribution in [0, 0.1) is 5.41 Å². The maximum absolute atomic E-state index is 8.35. The highest BCUT2D eigenvalue weighted by Crippen LogP contribution is 0.868. The van der Waals surface area contributed by atoms with Crippen LogP contribution in [-0.4, -0.2) is 6.08 Å². The lowest BCUT2D eigenvalue weighted by atomic mass is 11.7. The van der Waals surface area contributed by atoms with Crippen molar-refractivity contribution in [1.82, 2.24) is 0 Å². The van der Waals surface area contributed by atoms with Gasteiger partial charge in [0.2, 0.25) is 6.08 Å². The first-order valence-corrected chi connectivity index (χ1v) is 0.454. The number of halogens is 2. The van der Waals surface area contributed by atoms with Crippen molar-refractivity contribution in [2.75, 3.05) is 0 Å². The van der Waals surface area contributed by atoms with Gasteiger partial charge in [0, 0.05) is 0 Å². The zero-order valence-corrected chi connectivity index (χ0v) is 3.86. The summed E-state index contributed by atoms with van der Waals surface area (Å²) in [6, 6.07) is 0. The first-order valence-electron chi connectivity index (χ1n) is 0.454. The number of nitrogens with one attached hydrogen (secondary N) is 1. The first kappa shape index (κ1) is 20.2. The second-order valence-electron chi connectivity index (χ2n) is 0.102. The van der Waals surface area contributed by atoms with Gasteiger partial charge >= 0.3 is 0 Å². The number of isocyanates is 1. The highest BCUT2D eigenvalue weighted by molar-refractivity contribution is 5.85. The lowest BCUT2D eigenvalue weighted by Gasteiger charge is -1.02. The summed E-state index contributed by atoms with van der Waals surface area (Å²) in [4.78, 5) is 8.35. The standard InChI is InChI=1S/CHNO.2ClH/c2-1-3;;/h2H;2*1H. The average Bonchev–Trinajstić information content (AvgIpc) is 0.918. The summed E-state index contributed by atoms with van der Waals surface area (Å²) in [6.45, 7) is 0. The molecule has 2 nitrogen and oxygen atoms in total. The van der Waals surface area contributed by atoms with Crippen LogP contribution < -0.4 is 0 Å². The van der Waals surface area contributed by atoms with Crippen molar-refractivity contribution >= 4 is 30.9 Å². The van der Waals surface area contributed by atoms with E-state index in [0.29, 0.717) is 0 Å². The van der Waals surface area contributed by atoms with E-state index in [1.165, 1.54) is 0 Å². The molecule has 0 atom stereocenters. The third-order valence-corrected chi connectivity index (χ3v) is 0. The third kappa shape index (κ3) is 9510. The molecule has 32 valence electrons. The molecule has 0 saturated carbocycles. The fourth-order valence-corrected chi connectivity index (χ4v) is 0. The van der Waals surface area contributed by atoms with Crippen molar-refractivity contribution in [1.29, 1.82) is 5.41 Å². The van der Waals surface area contributed by atoms with Crippen molar-refractivity contribution in [2.45, 2.75) is 0 Å². The topological polar surface area (TPSA) is 40.9 Å². The van der Waals surface area contributed by atoms with E-state index in [4.69, 9.17) is 10.2 Å². The van der Waals surface area contributed by atoms with Crippen LogP contribution in [-0.2, 0) is 4.79 Å². The zero-order valence-electron chi connectivity index (χ0n) is 2.22. The lowest BCUT2D eigenvalue weighted by Crippen LogP contribution is -1.16. The SMILES string of the molecule is Cl.Cl.N=C=O. The smallest absolute Gasteiger partial charge is 0.222 e. The zero-order chi connectivity index (χ0) is 2.71. The Balaban J connectivity index is -0.0000000200. The van der Waals surface area contributed by atoms with Gasteiger partial charge in [0.25, 0.3) is 0 Å². The molecule has 1 N–H and O–H groups in total. The van der Waals surface area contributed by atoms with Gasteiger partial charge in [-0.25, -0.2) is 10.2 Å². The maximum atomic E-state index is 8.35. The molecule has 0 spiro atoms. The molecule has 0 fully saturated rings. The molecule has 0 saturated heterocycles. The summed E-state index contributed by atoms with van der Waals surface area (Å²) in [6.07, 6.45) is 0.750. The average molecular weight is 116 g/mol. The number of carbonyl (C=O) groups excluding carboxylic acids is 1. The van der Waals surface area contributed by atoms with Crippen LogP contribution in [0.3, 0.4) is 0 Å². The molecule has 0 bridgehead atoms. The lowest BCUT2D eigenvalue weighted by molar-refractivity contribution is 0.563. The normalized spacial score (nSPS) is 1.60. The van der Waals surface area contributed by atoms with Crippen molar-refractivity contribution in [3.05, 3.63) is 0 Å². The molecule has 0 aromatic rings. The first-order chi connectivity index (χ1) is 1.41. The van der Waals surface area contributed by atoms with Crippen LogP contribution in [0.1, 0.15) is 0 Å². The summed E-state index contributed by atoms with van der Waals surface area (Å²) < 4.78 is 0. The molecule has 4 heteroatoms. The predicted octanol–water partition coefficient (Wildman–Crippen LogP) is 0.745. The van der Waals surface area contributed by atoms with E-state index in [2.05, 4.69) is 0 Å². The van der Waals surface area contributed by atoms with Crippen LogP contribution in [0.5, 0.6) is 0 Å². The summed E-state index contributed by atoms with van der Waals surface area (Å²) >= 11 is 0. The minimum Gasteiger partial charge on any atom is -0.222 e. The number of rotatable bonds is 0. The number of hydrogen-bond acceptors (Lipinski definition) is 2. The Labute approximate surface area is 41.9 Å². The largest absolute Gasteiger partial charge is 0.231 e.